The molecule has 0 saturated carbocycles. The SMILES string of the molecule is COc1ccc(CN/N=C/c2cn(Cc3ccc(C)cc3)c3ccccc23)cc1OC. The molecule has 0 amide bonds. The van der Waals surface area contributed by atoms with Crippen LogP contribution in [0, 0.1) is 6.92 Å². The van der Waals surface area contributed by atoms with Crippen molar-refractivity contribution in [2.75, 3.05) is 14.2 Å². The molecule has 1 aromatic heterocycles. The molecule has 5 nitrogen and oxygen atoms in total. The van der Waals surface area contributed by atoms with E-state index in [0.29, 0.717) is 12.3 Å². The summed E-state index contributed by atoms with van der Waals surface area (Å²) in [7, 11) is 3.27. The van der Waals surface area contributed by atoms with Gasteiger partial charge in [-0.15, -0.1) is 0 Å². The lowest BCUT2D eigenvalue weighted by atomic mass is 10.1. The van der Waals surface area contributed by atoms with Crippen LogP contribution in [0.5, 0.6) is 11.5 Å². The van der Waals surface area contributed by atoms with Crippen LogP contribution in [-0.2, 0) is 13.1 Å². The van der Waals surface area contributed by atoms with Gasteiger partial charge in [0.05, 0.1) is 27.0 Å². The Morgan fingerprint density at radius 1 is 0.903 bits per heavy atom. The Labute approximate surface area is 182 Å². The molecule has 4 aromatic rings. The molecule has 0 saturated heterocycles. The van der Waals surface area contributed by atoms with Gasteiger partial charge in [-0.3, -0.25) is 0 Å². The third-order valence-corrected chi connectivity index (χ3v) is 5.32. The molecule has 0 aliphatic carbocycles. The summed E-state index contributed by atoms with van der Waals surface area (Å²) in [5.74, 6) is 1.43. The highest BCUT2D eigenvalue weighted by atomic mass is 16.5. The van der Waals surface area contributed by atoms with Crippen molar-refractivity contribution in [1.82, 2.24) is 9.99 Å². The first kappa shape index (κ1) is 20.5. The summed E-state index contributed by atoms with van der Waals surface area (Å²) in [6.45, 7) is 3.53. The fourth-order valence-corrected chi connectivity index (χ4v) is 3.64. The summed E-state index contributed by atoms with van der Waals surface area (Å²) in [4.78, 5) is 0. The second kappa shape index (κ2) is 9.39. The number of methoxy groups -OCH3 is 2. The fourth-order valence-electron chi connectivity index (χ4n) is 3.64. The zero-order valence-electron chi connectivity index (χ0n) is 18.1. The molecule has 0 spiro atoms. The largest absolute Gasteiger partial charge is 0.493 e. The molecule has 0 unspecified atom stereocenters. The van der Waals surface area contributed by atoms with E-state index in [9.17, 15) is 0 Å². The van der Waals surface area contributed by atoms with Gasteiger partial charge >= 0.3 is 0 Å². The molecule has 0 radical (unpaired) electrons. The highest BCUT2D eigenvalue weighted by molar-refractivity contribution is 5.99. The maximum Gasteiger partial charge on any atom is 0.161 e. The van der Waals surface area contributed by atoms with E-state index in [1.807, 2.05) is 24.4 Å². The Balaban J connectivity index is 1.49. The van der Waals surface area contributed by atoms with Gasteiger partial charge in [0.1, 0.15) is 0 Å². The monoisotopic (exact) mass is 413 g/mol. The van der Waals surface area contributed by atoms with Gasteiger partial charge < -0.3 is 19.5 Å². The average Bonchev–Trinajstić information content (AvgIpc) is 3.15. The second-order valence-corrected chi connectivity index (χ2v) is 7.50. The van der Waals surface area contributed by atoms with Crippen LogP contribution >= 0.6 is 0 Å². The number of aryl methyl sites for hydroxylation is 1. The van der Waals surface area contributed by atoms with E-state index in [1.54, 1.807) is 14.2 Å². The predicted octanol–water partition coefficient (Wildman–Crippen LogP) is 5.14. The standard InChI is InChI=1S/C26H27N3O2/c1-19-8-10-20(11-9-19)17-29-18-22(23-6-4-5-7-24(23)29)16-28-27-15-21-12-13-25(30-2)26(14-21)31-3/h4-14,16,18,27H,15,17H2,1-3H3/b28-16+. The zero-order valence-corrected chi connectivity index (χ0v) is 18.1. The van der Waals surface area contributed by atoms with Crippen molar-refractivity contribution in [3.8, 4) is 11.5 Å². The number of para-hydroxylation sites is 1. The van der Waals surface area contributed by atoms with Crippen molar-refractivity contribution < 1.29 is 9.47 Å². The second-order valence-electron chi connectivity index (χ2n) is 7.50. The van der Waals surface area contributed by atoms with E-state index in [1.165, 1.54) is 22.0 Å². The molecule has 0 atom stereocenters. The maximum absolute atomic E-state index is 5.36. The van der Waals surface area contributed by atoms with E-state index >= 15 is 0 Å². The molecule has 0 aliphatic rings. The van der Waals surface area contributed by atoms with Crippen molar-refractivity contribution >= 4 is 17.1 Å². The van der Waals surface area contributed by atoms with Gasteiger partial charge in [-0.2, -0.15) is 5.10 Å². The first-order valence-corrected chi connectivity index (χ1v) is 10.3. The third-order valence-electron chi connectivity index (χ3n) is 5.32. The number of hydrogen-bond acceptors (Lipinski definition) is 4. The lowest BCUT2D eigenvalue weighted by molar-refractivity contribution is 0.354. The van der Waals surface area contributed by atoms with E-state index < -0.39 is 0 Å². The quantitative estimate of drug-likeness (QED) is 0.321. The normalized spacial score (nSPS) is 11.2. The van der Waals surface area contributed by atoms with Crippen molar-refractivity contribution in [1.29, 1.82) is 0 Å². The van der Waals surface area contributed by atoms with Crippen LogP contribution < -0.4 is 14.9 Å². The van der Waals surface area contributed by atoms with Crippen LogP contribution in [0.1, 0.15) is 22.3 Å². The van der Waals surface area contributed by atoms with Crippen molar-refractivity contribution in [2.24, 2.45) is 5.10 Å². The molecule has 0 bridgehead atoms. The van der Waals surface area contributed by atoms with Gasteiger partial charge in [0.15, 0.2) is 11.5 Å². The van der Waals surface area contributed by atoms with Crippen LogP contribution in [0.4, 0.5) is 0 Å². The summed E-state index contributed by atoms with van der Waals surface area (Å²) in [5.41, 5.74) is 9.03. The predicted molar refractivity (Wildman–Crippen MR) is 126 cm³/mol. The van der Waals surface area contributed by atoms with Crippen LogP contribution in [0.3, 0.4) is 0 Å². The van der Waals surface area contributed by atoms with Gasteiger partial charge in [-0.05, 0) is 36.2 Å². The first-order valence-electron chi connectivity index (χ1n) is 10.3. The number of hydrazone groups is 1. The molecule has 158 valence electrons. The Morgan fingerprint density at radius 2 is 1.65 bits per heavy atom. The smallest absolute Gasteiger partial charge is 0.161 e. The Morgan fingerprint density at radius 3 is 2.42 bits per heavy atom. The number of fused-ring (bicyclic) bond motifs is 1. The van der Waals surface area contributed by atoms with Crippen molar-refractivity contribution in [3.05, 3.63) is 95.2 Å². The van der Waals surface area contributed by atoms with Crippen molar-refractivity contribution in [3.63, 3.8) is 0 Å². The molecule has 1 heterocycles. The van der Waals surface area contributed by atoms with Crippen LogP contribution in [0.2, 0.25) is 0 Å². The molecule has 5 heteroatoms. The molecular weight excluding hydrogens is 386 g/mol. The minimum atomic E-state index is 0.596. The van der Waals surface area contributed by atoms with E-state index in [0.717, 1.165) is 23.4 Å². The summed E-state index contributed by atoms with van der Waals surface area (Å²) >= 11 is 0. The fraction of sp³-hybridized carbons (Fsp3) is 0.192. The minimum absolute atomic E-state index is 0.596. The first-order chi connectivity index (χ1) is 15.2. The zero-order chi connectivity index (χ0) is 21.6. The molecule has 31 heavy (non-hydrogen) atoms. The van der Waals surface area contributed by atoms with E-state index in [2.05, 4.69) is 76.7 Å². The van der Waals surface area contributed by atoms with Crippen LogP contribution in [-0.4, -0.2) is 25.0 Å². The molecule has 1 N–H and O–H groups in total. The van der Waals surface area contributed by atoms with Gasteiger partial charge in [0, 0.05) is 29.2 Å². The van der Waals surface area contributed by atoms with Gasteiger partial charge in [-0.1, -0.05) is 54.1 Å². The van der Waals surface area contributed by atoms with Crippen molar-refractivity contribution in [2.45, 2.75) is 20.0 Å². The number of ether oxygens (including phenoxy) is 2. The number of nitrogens with one attached hydrogen (secondary N) is 1. The molecule has 4 rings (SSSR count). The summed E-state index contributed by atoms with van der Waals surface area (Å²) in [6, 6.07) is 22.9. The molecule has 0 aliphatic heterocycles. The maximum atomic E-state index is 5.36. The van der Waals surface area contributed by atoms with Gasteiger partial charge in [-0.25, -0.2) is 0 Å². The highest BCUT2D eigenvalue weighted by Crippen LogP contribution is 2.27. The van der Waals surface area contributed by atoms with Gasteiger partial charge in [0.25, 0.3) is 0 Å². The Kier molecular flexibility index (Phi) is 6.22. The molecular formula is C26H27N3O2. The Hall–Kier alpha value is -3.73. The lowest BCUT2D eigenvalue weighted by Crippen LogP contribution is -2.06. The minimum Gasteiger partial charge on any atom is -0.493 e. The van der Waals surface area contributed by atoms with E-state index in [4.69, 9.17) is 9.47 Å². The van der Waals surface area contributed by atoms with Gasteiger partial charge in [0.2, 0.25) is 0 Å². The molecule has 3 aromatic carbocycles. The highest BCUT2D eigenvalue weighted by Gasteiger charge is 2.07. The summed E-state index contributed by atoms with van der Waals surface area (Å²) in [6.07, 6.45) is 4.04. The average molecular weight is 414 g/mol. The summed E-state index contributed by atoms with van der Waals surface area (Å²) in [5, 5.41) is 5.64. The number of rotatable bonds is 8. The van der Waals surface area contributed by atoms with E-state index in [-0.39, 0.29) is 0 Å². The number of aromatic nitrogens is 1. The summed E-state index contributed by atoms with van der Waals surface area (Å²) < 4.78 is 12.9. The Bertz CT molecular complexity index is 1190. The van der Waals surface area contributed by atoms with Crippen LogP contribution in [0.25, 0.3) is 10.9 Å². The van der Waals surface area contributed by atoms with Crippen LogP contribution in [0.15, 0.2) is 78.0 Å². The number of benzene rings is 3. The molecule has 0 fully saturated rings. The third kappa shape index (κ3) is 4.72. The number of nitrogens with zero attached hydrogens (tertiary/aromatic N) is 2. The number of hydrogen-bond donors (Lipinski definition) is 1. The topological polar surface area (TPSA) is 47.8 Å². The lowest BCUT2D eigenvalue weighted by Gasteiger charge is -2.09.